The number of carbonyl (C=O) groups excluding carboxylic acids is 3. The van der Waals surface area contributed by atoms with Crippen molar-refractivity contribution in [2.75, 3.05) is 18.5 Å². The van der Waals surface area contributed by atoms with Crippen LogP contribution in [0.2, 0.25) is 0 Å². The van der Waals surface area contributed by atoms with Crippen molar-refractivity contribution in [2.24, 2.45) is 11.8 Å². The minimum atomic E-state index is -0.783. The fraction of sp³-hybridized carbons (Fsp3) is 0.519. The molecule has 2 bridgehead atoms. The molecule has 0 aliphatic carbocycles. The van der Waals surface area contributed by atoms with Crippen molar-refractivity contribution in [3.8, 4) is 0 Å². The second kappa shape index (κ2) is 8.82. The van der Waals surface area contributed by atoms with Crippen molar-refractivity contribution >= 4 is 46.0 Å². The minimum absolute atomic E-state index is 0.224. The molecule has 0 saturated carbocycles. The number of likely N-dealkylation sites (tertiary alicyclic amines) is 1. The molecule has 0 aromatic heterocycles. The fourth-order valence-electron chi connectivity index (χ4n) is 6.54. The van der Waals surface area contributed by atoms with Crippen LogP contribution in [0.1, 0.15) is 40.0 Å². The molecule has 2 N–H and O–H groups in total. The van der Waals surface area contributed by atoms with E-state index in [1.54, 1.807) is 23.6 Å². The molecule has 3 aliphatic rings. The summed E-state index contributed by atoms with van der Waals surface area (Å²) in [6, 6.07) is 12.4. The number of thioether (sulfide) groups is 1. The van der Waals surface area contributed by atoms with E-state index in [9.17, 15) is 19.5 Å². The van der Waals surface area contributed by atoms with Crippen LogP contribution in [0.15, 0.2) is 42.5 Å². The lowest BCUT2D eigenvalue weighted by Crippen LogP contribution is -2.54. The lowest BCUT2D eigenvalue weighted by molar-refractivity contribution is -0.155. The van der Waals surface area contributed by atoms with Crippen molar-refractivity contribution in [2.45, 2.75) is 61.6 Å². The van der Waals surface area contributed by atoms with Crippen LogP contribution in [-0.4, -0.2) is 62.6 Å². The highest BCUT2D eigenvalue weighted by Gasteiger charge is 2.77. The Hall–Kier alpha value is -2.58. The van der Waals surface area contributed by atoms with Crippen LogP contribution in [0.25, 0.3) is 10.8 Å². The summed E-state index contributed by atoms with van der Waals surface area (Å²) < 4.78 is 4.22. The summed E-state index contributed by atoms with van der Waals surface area (Å²) in [7, 11) is 0. The zero-order chi connectivity index (χ0) is 25.0. The summed E-state index contributed by atoms with van der Waals surface area (Å²) >= 11 is 1.60. The third-order valence-electron chi connectivity index (χ3n) is 8.10. The Kier molecular flexibility index (Phi) is 6.08. The minimum Gasteiger partial charge on any atom is -0.466 e. The molecule has 3 heterocycles. The lowest BCUT2D eigenvalue weighted by atomic mass is 9.66. The predicted molar refractivity (Wildman–Crippen MR) is 136 cm³/mol. The molecule has 3 fully saturated rings. The lowest BCUT2D eigenvalue weighted by Gasteiger charge is -2.36. The van der Waals surface area contributed by atoms with Gasteiger partial charge < -0.3 is 20.1 Å². The Bertz CT molecular complexity index is 1180. The summed E-state index contributed by atoms with van der Waals surface area (Å²) in [4.78, 5) is 42.6. The smallest absolute Gasteiger partial charge is 0.311 e. The number of hydrogen-bond donors (Lipinski definition) is 2. The van der Waals surface area contributed by atoms with Gasteiger partial charge in [-0.25, -0.2) is 0 Å². The van der Waals surface area contributed by atoms with Gasteiger partial charge in [0.2, 0.25) is 11.8 Å². The van der Waals surface area contributed by atoms with Crippen LogP contribution < -0.4 is 5.32 Å². The van der Waals surface area contributed by atoms with Gasteiger partial charge in [0.05, 0.1) is 35.8 Å². The van der Waals surface area contributed by atoms with E-state index in [4.69, 9.17) is 4.74 Å². The number of amides is 2. The SMILES string of the molecule is CCOC(=O)[C@@H]1[C@H]2C(=O)N([C@@H](CC)CO)C(C(=O)Nc3ccc4ccccc4c3)C23CC[C@@]1(C)S3. The third-order valence-corrected chi connectivity index (χ3v) is 10.1. The zero-order valence-electron chi connectivity index (χ0n) is 20.3. The topological polar surface area (TPSA) is 95.9 Å². The third kappa shape index (κ3) is 3.56. The highest BCUT2D eigenvalue weighted by molar-refractivity contribution is 8.02. The number of anilines is 1. The standard InChI is InChI=1S/C27H32N2O5S/c1-4-19(15-30)29-22(23(31)28-18-11-10-16-8-6-7-9-17(16)14-18)27-13-12-26(3,35-27)21(20(27)24(29)32)25(33)34-5-2/h6-11,14,19-22,30H,4-5,12-13,15H2,1-3H3,(H,28,31)/t19-,20-,21-,22?,26+,27?/m0/s1. The number of benzene rings is 2. The maximum Gasteiger partial charge on any atom is 0.311 e. The maximum atomic E-state index is 14.0. The number of fused-ring (bicyclic) bond motifs is 2. The second-order valence-corrected chi connectivity index (χ2v) is 11.9. The predicted octanol–water partition coefficient (Wildman–Crippen LogP) is 3.59. The van der Waals surface area contributed by atoms with Crippen LogP contribution in [0.4, 0.5) is 5.69 Å². The van der Waals surface area contributed by atoms with E-state index in [2.05, 4.69) is 5.32 Å². The number of nitrogens with one attached hydrogen (secondary N) is 1. The molecule has 6 atom stereocenters. The fourth-order valence-corrected chi connectivity index (χ4v) is 8.87. The number of ether oxygens (including phenoxy) is 1. The number of nitrogens with zero attached hydrogens (tertiary/aromatic N) is 1. The van der Waals surface area contributed by atoms with E-state index in [1.165, 1.54) is 0 Å². The van der Waals surface area contributed by atoms with Crippen LogP contribution in [0.5, 0.6) is 0 Å². The van der Waals surface area contributed by atoms with Crippen LogP contribution >= 0.6 is 11.8 Å². The van der Waals surface area contributed by atoms with E-state index >= 15 is 0 Å². The Labute approximate surface area is 209 Å². The largest absolute Gasteiger partial charge is 0.466 e. The first-order valence-electron chi connectivity index (χ1n) is 12.4. The van der Waals surface area contributed by atoms with Gasteiger partial charge in [0.15, 0.2) is 0 Å². The Morgan fingerprint density at radius 2 is 1.94 bits per heavy atom. The Morgan fingerprint density at radius 3 is 2.63 bits per heavy atom. The van der Waals surface area contributed by atoms with Crippen LogP contribution in [-0.2, 0) is 19.1 Å². The van der Waals surface area contributed by atoms with Gasteiger partial charge in [-0.2, -0.15) is 0 Å². The van der Waals surface area contributed by atoms with Gasteiger partial charge in [0.1, 0.15) is 6.04 Å². The van der Waals surface area contributed by atoms with Crippen molar-refractivity contribution in [1.29, 1.82) is 0 Å². The van der Waals surface area contributed by atoms with E-state index in [-0.39, 0.29) is 31.0 Å². The quantitative estimate of drug-likeness (QED) is 0.569. The molecule has 186 valence electrons. The first kappa shape index (κ1) is 24.1. The molecule has 8 heteroatoms. The van der Waals surface area contributed by atoms with Crippen molar-refractivity contribution in [3.63, 3.8) is 0 Å². The van der Waals surface area contributed by atoms with Gasteiger partial charge in [0, 0.05) is 10.4 Å². The molecular weight excluding hydrogens is 464 g/mol. The summed E-state index contributed by atoms with van der Waals surface area (Å²) in [5.41, 5.74) is 0.656. The normalized spacial score (nSPS) is 32.1. The second-order valence-electron chi connectivity index (χ2n) is 10.0. The molecule has 3 saturated heterocycles. The van der Waals surface area contributed by atoms with E-state index in [1.807, 2.05) is 56.3 Å². The number of esters is 1. The average Bonchev–Trinajstić information content (AvgIpc) is 3.41. The molecule has 1 spiro atoms. The summed E-state index contributed by atoms with van der Waals surface area (Å²) in [5.74, 6) is -2.11. The Balaban J connectivity index is 1.55. The average molecular weight is 497 g/mol. The van der Waals surface area contributed by atoms with Gasteiger partial charge in [-0.3, -0.25) is 14.4 Å². The van der Waals surface area contributed by atoms with E-state index in [0.29, 0.717) is 18.5 Å². The molecule has 3 aliphatic heterocycles. The molecule has 35 heavy (non-hydrogen) atoms. The molecule has 5 rings (SSSR count). The van der Waals surface area contributed by atoms with Crippen molar-refractivity contribution in [3.05, 3.63) is 42.5 Å². The van der Waals surface area contributed by atoms with Crippen LogP contribution in [0, 0.1) is 11.8 Å². The van der Waals surface area contributed by atoms with Gasteiger partial charge in [-0.05, 0) is 56.0 Å². The highest BCUT2D eigenvalue weighted by Crippen LogP contribution is 2.71. The van der Waals surface area contributed by atoms with Gasteiger partial charge >= 0.3 is 5.97 Å². The number of carbonyl (C=O) groups is 3. The first-order valence-corrected chi connectivity index (χ1v) is 13.2. The van der Waals surface area contributed by atoms with E-state index < -0.39 is 33.4 Å². The summed E-state index contributed by atoms with van der Waals surface area (Å²) in [6.07, 6.45) is 1.90. The molecule has 7 nitrogen and oxygen atoms in total. The van der Waals surface area contributed by atoms with Gasteiger partial charge in [0.25, 0.3) is 0 Å². The molecule has 2 unspecified atom stereocenters. The number of rotatable bonds is 7. The number of aliphatic hydroxyl groups is 1. The first-order chi connectivity index (χ1) is 16.8. The summed E-state index contributed by atoms with van der Waals surface area (Å²) in [5, 5.41) is 15.3. The van der Waals surface area contributed by atoms with Gasteiger partial charge in [-0.1, -0.05) is 37.3 Å². The van der Waals surface area contributed by atoms with Gasteiger partial charge in [-0.15, -0.1) is 11.8 Å². The van der Waals surface area contributed by atoms with Crippen LogP contribution in [0.3, 0.4) is 0 Å². The summed E-state index contributed by atoms with van der Waals surface area (Å²) in [6.45, 7) is 5.68. The van der Waals surface area contributed by atoms with Crippen molar-refractivity contribution in [1.82, 2.24) is 4.90 Å². The molecule has 2 aromatic carbocycles. The maximum absolute atomic E-state index is 14.0. The molecule has 2 amide bonds. The zero-order valence-corrected chi connectivity index (χ0v) is 21.1. The number of hydrogen-bond acceptors (Lipinski definition) is 6. The number of aliphatic hydroxyl groups excluding tert-OH is 1. The Morgan fingerprint density at radius 1 is 1.20 bits per heavy atom. The van der Waals surface area contributed by atoms with E-state index in [0.717, 1.165) is 17.2 Å². The molecule has 0 radical (unpaired) electrons. The molecule has 2 aromatic rings. The molecular formula is C27H32N2O5S. The monoisotopic (exact) mass is 496 g/mol. The highest BCUT2D eigenvalue weighted by atomic mass is 32.2. The van der Waals surface area contributed by atoms with Crippen molar-refractivity contribution < 1.29 is 24.2 Å².